The van der Waals surface area contributed by atoms with Gasteiger partial charge in [0.25, 0.3) is 5.91 Å². The van der Waals surface area contributed by atoms with Crippen LogP contribution in [-0.2, 0) is 9.53 Å². The fourth-order valence-electron chi connectivity index (χ4n) is 1.52. The zero-order chi connectivity index (χ0) is 17.6. The van der Waals surface area contributed by atoms with Crippen LogP contribution in [-0.4, -0.2) is 30.9 Å². The minimum atomic E-state index is -4.80. The van der Waals surface area contributed by atoms with E-state index in [1.54, 1.807) is 0 Å². The van der Waals surface area contributed by atoms with Crippen molar-refractivity contribution < 1.29 is 32.2 Å². The number of ether oxygens (including phenoxy) is 2. The Kier molecular flexibility index (Phi) is 6.41. The molecule has 0 unspecified atom stereocenters. The highest BCUT2D eigenvalue weighted by Gasteiger charge is 2.31. The first-order valence-electron chi connectivity index (χ1n) is 6.93. The van der Waals surface area contributed by atoms with E-state index in [4.69, 9.17) is 4.74 Å². The monoisotopic (exact) mass is 333 g/mol. The molecule has 0 saturated heterocycles. The predicted molar refractivity (Wildman–Crippen MR) is 75.9 cm³/mol. The first-order valence-corrected chi connectivity index (χ1v) is 6.93. The number of hydrogen-bond donors (Lipinski definition) is 1. The van der Waals surface area contributed by atoms with E-state index in [9.17, 15) is 22.8 Å². The molecule has 1 aromatic carbocycles. The van der Waals surface area contributed by atoms with Crippen molar-refractivity contribution in [2.24, 2.45) is 5.92 Å². The van der Waals surface area contributed by atoms with Crippen molar-refractivity contribution in [2.45, 2.75) is 33.2 Å². The van der Waals surface area contributed by atoms with Gasteiger partial charge in [-0.2, -0.15) is 0 Å². The number of halogens is 3. The lowest BCUT2D eigenvalue weighted by Gasteiger charge is -2.15. The second-order valence-corrected chi connectivity index (χ2v) is 5.26. The molecular weight excluding hydrogens is 315 g/mol. The Bertz CT molecular complexity index is 541. The molecule has 1 amide bonds. The van der Waals surface area contributed by atoms with Crippen LogP contribution in [0.5, 0.6) is 5.75 Å². The quantitative estimate of drug-likeness (QED) is 0.813. The molecular formula is C15H18F3NO4. The number of esters is 1. The summed E-state index contributed by atoms with van der Waals surface area (Å²) < 4.78 is 44.7. The van der Waals surface area contributed by atoms with Gasteiger partial charge in [0.15, 0.2) is 6.10 Å². The average Bonchev–Trinajstić information content (AvgIpc) is 2.43. The van der Waals surface area contributed by atoms with Crippen molar-refractivity contribution in [2.75, 3.05) is 6.54 Å². The molecule has 1 atom stereocenters. The summed E-state index contributed by atoms with van der Waals surface area (Å²) >= 11 is 0. The van der Waals surface area contributed by atoms with Gasteiger partial charge in [0, 0.05) is 6.54 Å². The minimum absolute atomic E-state index is 0.0167. The van der Waals surface area contributed by atoms with E-state index >= 15 is 0 Å². The molecule has 0 bridgehead atoms. The van der Waals surface area contributed by atoms with E-state index in [0.29, 0.717) is 6.54 Å². The van der Waals surface area contributed by atoms with Crippen LogP contribution in [0.4, 0.5) is 13.2 Å². The molecule has 0 aliphatic rings. The van der Waals surface area contributed by atoms with Crippen LogP contribution in [0.2, 0.25) is 0 Å². The van der Waals surface area contributed by atoms with Crippen molar-refractivity contribution >= 4 is 11.9 Å². The Hall–Kier alpha value is -2.25. The van der Waals surface area contributed by atoms with Crippen molar-refractivity contribution in [1.29, 1.82) is 0 Å². The number of carbonyl (C=O) groups excluding carboxylic acids is 2. The summed E-state index contributed by atoms with van der Waals surface area (Å²) in [6.07, 6.45) is -5.81. The Morgan fingerprint density at radius 3 is 2.17 bits per heavy atom. The Morgan fingerprint density at radius 1 is 1.13 bits per heavy atom. The summed E-state index contributed by atoms with van der Waals surface area (Å²) in [5.74, 6) is -1.44. The van der Waals surface area contributed by atoms with Gasteiger partial charge in [-0.15, -0.1) is 13.2 Å². The largest absolute Gasteiger partial charge is 0.573 e. The van der Waals surface area contributed by atoms with Gasteiger partial charge in [0.2, 0.25) is 0 Å². The van der Waals surface area contributed by atoms with Crippen LogP contribution in [0.25, 0.3) is 0 Å². The standard InChI is InChI=1S/C15H18F3NO4/c1-9(2)8-19-13(20)10(3)22-14(21)11-4-6-12(7-5-11)23-15(16,17)18/h4-7,9-10H,8H2,1-3H3,(H,19,20)/t10-/m0/s1. The van der Waals surface area contributed by atoms with E-state index in [2.05, 4.69) is 10.1 Å². The molecule has 0 spiro atoms. The topological polar surface area (TPSA) is 64.6 Å². The SMILES string of the molecule is CC(C)CNC(=O)[C@H](C)OC(=O)c1ccc(OC(F)(F)F)cc1. The first-order chi connectivity index (χ1) is 10.6. The number of hydrogen-bond acceptors (Lipinski definition) is 4. The lowest BCUT2D eigenvalue weighted by molar-refractivity contribution is -0.274. The Morgan fingerprint density at radius 2 is 1.70 bits per heavy atom. The summed E-state index contributed by atoms with van der Waals surface area (Å²) in [6, 6.07) is 4.24. The van der Waals surface area contributed by atoms with Gasteiger partial charge in [0.05, 0.1) is 5.56 Å². The highest BCUT2D eigenvalue weighted by atomic mass is 19.4. The third-order valence-corrected chi connectivity index (χ3v) is 2.66. The van der Waals surface area contributed by atoms with Gasteiger partial charge in [0.1, 0.15) is 5.75 Å². The first kappa shape index (κ1) is 18.8. The zero-order valence-electron chi connectivity index (χ0n) is 12.9. The summed E-state index contributed by atoms with van der Waals surface area (Å²) in [5.41, 5.74) is 0.0167. The van der Waals surface area contributed by atoms with E-state index in [-0.39, 0.29) is 11.5 Å². The summed E-state index contributed by atoms with van der Waals surface area (Å²) in [6.45, 7) is 5.70. The third kappa shape index (κ3) is 7.03. The molecule has 0 aliphatic carbocycles. The molecule has 0 aromatic heterocycles. The van der Waals surface area contributed by atoms with Gasteiger partial charge in [-0.25, -0.2) is 4.79 Å². The van der Waals surface area contributed by atoms with E-state index in [0.717, 1.165) is 24.3 Å². The predicted octanol–water partition coefficient (Wildman–Crippen LogP) is 2.90. The van der Waals surface area contributed by atoms with Gasteiger partial charge >= 0.3 is 12.3 Å². The maximum absolute atomic E-state index is 12.0. The van der Waals surface area contributed by atoms with E-state index in [1.807, 2.05) is 13.8 Å². The van der Waals surface area contributed by atoms with E-state index in [1.165, 1.54) is 6.92 Å². The Labute approximate surface area is 131 Å². The number of rotatable bonds is 6. The van der Waals surface area contributed by atoms with Crippen LogP contribution < -0.4 is 10.1 Å². The maximum Gasteiger partial charge on any atom is 0.573 e. The summed E-state index contributed by atoms with van der Waals surface area (Å²) in [7, 11) is 0. The van der Waals surface area contributed by atoms with Crippen LogP contribution in [0.1, 0.15) is 31.1 Å². The smallest absolute Gasteiger partial charge is 0.449 e. The Balaban J connectivity index is 2.59. The fourth-order valence-corrected chi connectivity index (χ4v) is 1.52. The molecule has 0 fully saturated rings. The second-order valence-electron chi connectivity index (χ2n) is 5.26. The molecule has 0 heterocycles. The molecule has 5 nitrogen and oxygen atoms in total. The lowest BCUT2D eigenvalue weighted by Crippen LogP contribution is -2.37. The molecule has 0 saturated carbocycles. The normalized spacial score (nSPS) is 12.7. The molecule has 128 valence electrons. The van der Waals surface area contributed by atoms with E-state index < -0.39 is 30.1 Å². The highest BCUT2D eigenvalue weighted by molar-refractivity contribution is 5.92. The number of benzene rings is 1. The average molecular weight is 333 g/mol. The molecule has 1 N–H and O–H groups in total. The molecule has 1 aromatic rings. The van der Waals surface area contributed by atoms with Gasteiger partial charge < -0.3 is 14.8 Å². The van der Waals surface area contributed by atoms with Gasteiger partial charge in [-0.1, -0.05) is 13.8 Å². The van der Waals surface area contributed by atoms with Crippen LogP contribution in [0.3, 0.4) is 0 Å². The number of amides is 1. The molecule has 1 rings (SSSR count). The van der Waals surface area contributed by atoms with Crippen molar-refractivity contribution in [3.63, 3.8) is 0 Å². The maximum atomic E-state index is 12.0. The minimum Gasteiger partial charge on any atom is -0.449 e. The third-order valence-electron chi connectivity index (χ3n) is 2.66. The van der Waals surface area contributed by atoms with Gasteiger partial charge in [-0.3, -0.25) is 4.79 Å². The summed E-state index contributed by atoms with van der Waals surface area (Å²) in [4.78, 5) is 23.5. The van der Waals surface area contributed by atoms with Crippen LogP contribution >= 0.6 is 0 Å². The molecule has 23 heavy (non-hydrogen) atoms. The highest BCUT2D eigenvalue weighted by Crippen LogP contribution is 2.23. The summed E-state index contributed by atoms with van der Waals surface area (Å²) in [5, 5.41) is 2.61. The number of alkyl halides is 3. The molecule has 0 radical (unpaired) electrons. The van der Waals surface area contributed by atoms with Crippen molar-refractivity contribution in [1.82, 2.24) is 5.32 Å². The lowest BCUT2D eigenvalue weighted by atomic mass is 10.2. The van der Waals surface area contributed by atoms with Crippen molar-refractivity contribution in [3.8, 4) is 5.75 Å². The molecule has 0 aliphatic heterocycles. The number of nitrogens with one attached hydrogen (secondary N) is 1. The zero-order valence-corrected chi connectivity index (χ0v) is 12.9. The number of carbonyl (C=O) groups is 2. The van der Waals surface area contributed by atoms with Crippen molar-refractivity contribution in [3.05, 3.63) is 29.8 Å². The van der Waals surface area contributed by atoms with Gasteiger partial charge in [-0.05, 0) is 37.1 Å². The fraction of sp³-hybridized carbons (Fsp3) is 0.467. The van der Waals surface area contributed by atoms with Crippen LogP contribution in [0.15, 0.2) is 24.3 Å². The molecule has 8 heteroatoms. The second kappa shape index (κ2) is 7.85. The van der Waals surface area contributed by atoms with Crippen LogP contribution in [0, 0.1) is 5.92 Å².